The molecule has 148 valence electrons. The summed E-state index contributed by atoms with van der Waals surface area (Å²) in [6, 6.07) is 15.3. The Morgan fingerprint density at radius 2 is 1.90 bits per heavy atom. The van der Waals surface area contributed by atoms with Crippen LogP contribution in [0.2, 0.25) is 0 Å². The number of aromatic nitrogens is 1. The molecule has 1 N–H and O–H groups in total. The van der Waals surface area contributed by atoms with Crippen LogP contribution in [0.15, 0.2) is 59.3 Å². The molecule has 0 aliphatic rings. The maximum absolute atomic E-state index is 12.5. The number of nitrogens with one attached hydrogen (secondary N) is 1. The van der Waals surface area contributed by atoms with Crippen LogP contribution in [0.5, 0.6) is 0 Å². The number of rotatable bonds is 7. The molecule has 2 heterocycles. The molecule has 1 amide bonds. The monoisotopic (exact) mass is 391 g/mol. The average Bonchev–Trinajstić information content (AvgIpc) is 3.38. The van der Waals surface area contributed by atoms with Crippen molar-refractivity contribution < 1.29 is 18.7 Å². The van der Waals surface area contributed by atoms with E-state index >= 15 is 0 Å². The smallest absolute Gasteiger partial charge is 0.343 e. The number of nitriles is 1. The Morgan fingerprint density at radius 1 is 1.21 bits per heavy atom. The highest BCUT2D eigenvalue weighted by molar-refractivity contribution is 5.95. The molecule has 3 aromatic rings. The molecule has 0 bridgehead atoms. The van der Waals surface area contributed by atoms with Crippen molar-refractivity contribution in [1.82, 2.24) is 9.88 Å². The van der Waals surface area contributed by atoms with Gasteiger partial charge in [-0.1, -0.05) is 37.3 Å². The first-order chi connectivity index (χ1) is 14.0. The molecule has 1 atom stereocenters. The summed E-state index contributed by atoms with van der Waals surface area (Å²) in [5.41, 5.74) is 1.21. The van der Waals surface area contributed by atoms with Crippen molar-refractivity contribution >= 4 is 11.9 Å². The number of carbonyl (C=O) groups excluding carboxylic acids is 2. The van der Waals surface area contributed by atoms with Crippen molar-refractivity contribution in [3.63, 3.8) is 0 Å². The number of hydrogen-bond acceptors (Lipinski definition) is 5. The lowest BCUT2D eigenvalue weighted by molar-refractivity contribution is -0.124. The van der Waals surface area contributed by atoms with E-state index in [1.54, 1.807) is 36.0 Å². The first-order valence-electron chi connectivity index (χ1n) is 9.16. The number of amides is 1. The van der Waals surface area contributed by atoms with Crippen LogP contribution in [0.25, 0.3) is 5.88 Å². The molecule has 0 aliphatic heterocycles. The molecule has 7 heteroatoms. The number of furan rings is 1. The Balaban J connectivity index is 1.60. The van der Waals surface area contributed by atoms with Crippen LogP contribution in [0.3, 0.4) is 0 Å². The number of carbonyl (C=O) groups is 2. The average molecular weight is 391 g/mol. The summed E-state index contributed by atoms with van der Waals surface area (Å²) in [4.78, 5) is 24.5. The van der Waals surface area contributed by atoms with Crippen molar-refractivity contribution in [2.24, 2.45) is 0 Å². The number of aryl methyl sites for hydroxylation is 1. The fourth-order valence-electron chi connectivity index (χ4n) is 2.95. The standard InChI is InChI=1S/C22H21N3O4/c1-15(17-8-4-3-5-9-17)13-24-19(26)14-28-22(27)20-16(2)29-21(18(20)12-23)25-10-6-7-11-25/h3-11,15H,13-14H2,1-2H3,(H,24,26)/t15-/m0/s1. The van der Waals surface area contributed by atoms with Crippen molar-refractivity contribution in [2.45, 2.75) is 19.8 Å². The first kappa shape index (κ1) is 20.0. The third-order valence-electron chi connectivity index (χ3n) is 4.53. The van der Waals surface area contributed by atoms with E-state index < -0.39 is 18.5 Å². The maximum atomic E-state index is 12.5. The van der Waals surface area contributed by atoms with Gasteiger partial charge in [-0.2, -0.15) is 5.26 Å². The van der Waals surface area contributed by atoms with Gasteiger partial charge in [0.1, 0.15) is 23.0 Å². The van der Waals surface area contributed by atoms with Crippen LogP contribution < -0.4 is 5.32 Å². The van der Waals surface area contributed by atoms with E-state index in [4.69, 9.17) is 9.15 Å². The fourth-order valence-corrected chi connectivity index (χ4v) is 2.95. The van der Waals surface area contributed by atoms with E-state index in [2.05, 4.69) is 5.32 Å². The van der Waals surface area contributed by atoms with Crippen LogP contribution in [0, 0.1) is 18.3 Å². The molecular weight excluding hydrogens is 370 g/mol. The van der Waals surface area contributed by atoms with Crippen LogP contribution in [0.1, 0.15) is 40.1 Å². The van der Waals surface area contributed by atoms with Gasteiger partial charge in [0.05, 0.1) is 0 Å². The third kappa shape index (κ3) is 4.55. The van der Waals surface area contributed by atoms with Gasteiger partial charge < -0.3 is 14.5 Å². The van der Waals surface area contributed by atoms with Crippen LogP contribution >= 0.6 is 0 Å². The highest BCUT2D eigenvalue weighted by Gasteiger charge is 2.26. The summed E-state index contributed by atoms with van der Waals surface area (Å²) in [5, 5.41) is 12.2. The zero-order valence-electron chi connectivity index (χ0n) is 16.2. The molecular formula is C22H21N3O4. The summed E-state index contributed by atoms with van der Waals surface area (Å²) in [5.74, 6) is -0.559. The minimum atomic E-state index is -0.771. The summed E-state index contributed by atoms with van der Waals surface area (Å²) >= 11 is 0. The molecule has 0 unspecified atom stereocenters. The van der Waals surface area contributed by atoms with Gasteiger partial charge in [-0.05, 0) is 30.5 Å². The lowest BCUT2D eigenvalue weighted by atomic mass is 10.0. The molecule has 0 fully saturated rings. The van der Waals surface area contributed by atoms with Gasteiger partial charge in [0.15, 0.2) is 6.61 Å². The zero-order valence-corrected chi connectivity index (χ0v) is 16.2. The normalized spacial score (nSPS) is 11.5. The Bertz CT molecular complexity index is 1030. The van der Waals surface area contributed by atoms with Gasteiger partial charge in [-0.15, -0.1) is 0 Å². The molecule has 0 aliphatic carbocycles. The number of benzene rings is 1. The first-order valence-corrected chi connectivity index (χ1v) is 9.16. The Hall–Kier alpha value is -3.79. The summed E-state index contributed by atoms with van der Waals surface area (Å²) in [6.07, 6.45) is 3.41. The van der Waals surface area contributed by atoms with Gasteiger partial charge in [-0.3, -0.25) is 9.36 Å². The van der Waals surface area contributed by atoms with E-state index in [-0.39, 0.29) is 28.7 Å². The minimum Gasteiger partial charge on any atom is -0.452 e. The molecule has 0 spiro atoms. The summed E-state index contributed by atoms with van der Waals surface area (Å²) in [7, 11) is 0. The second-order valence-electron chi connectivity index (χ2n) is 6.61. The van der Waals surface area contributed by atoms with Crippen molar-refractivity contribution in [1.29, 1.82) is 5.26 Å². The Labute approximate surface area is 168 Å². The largest absolute Gasteiger partial charge is 0.452 e. The van der Waals surface area contributed by atoms with E-state index in [9.17, 15) is 14.9 Å². The van der Waals surface area contributed by atoms with Gasteiger partial charge in [0.25, 0.3) is 5.91 Å². The molecule has 2 aromatic heterocycles. The van der Waals surface area contributed by atoms with Gasteiger partial charge in [0.2, 0.25) is 5.88 Å². The van der Waals surface area contributed by atoms with Crippen molar-refractivity contribution in [2.75, 3.05) is 13.2 Å². The molecule has 1 aromatic carbocycles. The number of hydrogen-bond donors (Lipinski definition) is 1. The van der Waals surface area contributed by atoms with E-state index in [0.29, 0.717) is 6.54 Å². The van der Waals surface area contributed by atoms with E-state index in [1.807, 2.05) is 43.3 Å². The SMILES string of the molecule is Cc1oc(-n2cccc2)c(C#N)c1C(=O)OCC(=O)NC[C@H](C)c1ccccc1. The van der Waals surface area contributed by atoms with E-state index in [0.717, 1.165) is 5.56 Å². The third-order valence-corrected chi connectivity index (χ3v) is 4.53. The van der Waals surface area contributed by atoms with Gasteiger partial charge in [0, 0.05) is 18.9 Å². The molecule has 7 nitrogen and oxygen atoms in total. The van der Waals surface area contributed by atoms with Crippen LogP contribution in [-0.4, -0.2) is 29.6 Å². The van der Waals surface area contributed by atoms with Crippen LogP contribution in [0.4, 0.5) is 0 Å². The Morgan fingerprint density at radius 3 is 2.55 bits per heavy atom. The van der Waals surface area contributed by atoms with Crippen molar-refractivity contribution in [3.8, 4) is 12.0 Å². The van der Waals surface area contributed by atoms with Gasteiger partial charge in [-0.25, -0.2) is 4.79 Å². The predicted molar refractivity (Wildman–Crippen MR) is 106 cm³/mol. The number of ether oxygens (including phenoxy) is 1. The Kier molecular flexibility index (Phi) is 6.15. The molecule has 0 saturated carbocycles. The second kappa shape index (κ2) is 8.93. The molecule has 3 rings (SSSR count). The molecule has 0 radical (unpaired) electrons. The summed E-state index contributed by atoms with van der Waals surface area (Å²) < 4.78 is 12.3. The van der Waals surface area contributed by atoms with Crippen LogP contribution in [-0.2, 0) is 9.53 Å². The topological polar surface area (TPSA) is 97.3 Å². The van der Waals surface area contributed by atoms with E-state index in [1.165, 1.54) is 0 Å². The molecule has 0 saturated heterocycles. The predicted octanol–water partition coefficient (Wildman–Crippen LogP) is 3.33. The number of nitrogens with zero attached hydrogens (tertiary/aromatic N) is 2. The van der Waals surface area contributed by atoms with Gasteiger partial charge >= 0.3 is 5.97 Å². The second-order valence-corrected chi connectivity index (χ2v) is 6.61. The molecule has 29 heavy (non-hydrogen) atoms. The fraction of sp³-hybridized carbons (Fsp3) is 0.227. The zero-order chi connectivity index (χ0) is 20.8. The highest BCUT2D eigenvalue weighted by Crippen LogP contribution is 2.26. The minimum absolute atomic E-state index is 0.0293. The van der Waals surface area contributed by atoms with Crippen molar-refractivity contribution in [3.05, 3.63) is 77.3 Å². The number of esters is 1. The highest BCUT2D eigenvalue weighted by atomic mass is 16.5. The lowest BCUT2D eigenvalue weighted by Gasteiger charge is -2.13. The maximum Gasteiger partial charge on any atom is 0.343 e. The summed E-state index contributed by atoms with van der Waals surface area (Å²) in [6.45, 7) is 3.56. The lowest BCUT2D eigenvalue weighted by Crippen LogP contribution is -2.31. The quantitative estimate of drug-likeness (QED) is 0.623.